The molecule has 0 saturated carbocycles. The van der Waals surface area contributed by atoms with Gasteiger partial charge < -0.3 is 4.57 Å². The molecule has 0 aliphatic heterocycles. The van der Waals surface area contributed by atoms with E-state index in [0.717, 1.165) is 16.6 Å². The first-order chi connectivity index (χ1) is 10.7. The summed E-state index contributed by atoms with van der Waals surface area (Å²) < 4.78 is 1.96. The lowest BCUT2D eigenvalue weighted by Crippen LogP contribution is -2.15. The number of nitriles is 1. The maximum absolute atomic E-state index is 12.9. The molecule has 4 nitrogen and oxygen atoms in total. The second-order valence-corrected chi connectivity index (χ2v) is 5.98. The van der Waals surface area contributed by atoms with Crippen LogP contribution in [0.2, 0.25) is 0 Å². The molecule has 2 heterocycles. The van der Waals surface area contributed by atoms with E-state index in [0.29, 0.717) is 17.2 Å². The van der Waals surface area contributed by atoms with E-state index in [4.69, 9.17) is 0 Å². The summed E-state index contributed by atoms with van der Waals surface area (Å²) >= 11 is 1.36. The van der Waals surface area contributed by atoms with Gasteiger partial charge in [0.25, 0.3) is 0 Å². The molecule has 5 heteroatoms. The molecule has 110 valence electrons. The largest absolute Gasteiger partial charge is 0.338 e. The van der Waals surface area contributed by atoms with Crippen molar-refractivity contribution in [1.82, 2.24) is 9.55 Å². The molecular formula is C17H15N3OS. The molecule has 1 aromatic carbocycles. The van der Waals surface area contributed by atoms with Crippen LogP contribution in [0.5, 0.6) is 0 Å². The molecule has 1 unspecified atom stereocenters. The Morgan fingerprint density at radius 1 is 1.45 bits per heavy atom. The zero-order chi connectivity index (χ0) is 15.7. The number of thiazole rings is 1. The van der Waals surface area contributed by atoms with Crippen molar-refractivity contribution in [2.45, 2.75) is 26.3 Å². The molecule has 0 aliphatic rings. The summed E-state index contributed by atoms with van der Waals surface area (Å²) in [5, 5.41) is 12.9. The quantitative estimate of drug-likeness (QED) is 0.686. The maximum atomic E-state index is 12.9. The van der Waals surface area contributed by atoms with Crippen LogP contribution >= 0.6 is 11.3 Å². The normalized spacial score (nSPS) is 12.2. The molecule has 0 bridgehead atoms. The van der Waals surface area contributed by atoms with E-state index in [2.05, 4.69) is 11.1 Å². The van der Waals surface area contributed by atoms with Gasteiger partial charge in [0.05, 0.1) is 11.8 Å². The number of hydrogen-bond donors (Lipinski definition) is 0. The lowest BCUT2D eigenvalue weighted by atomic mass is 10.0. The second kappa shape index (κ2) is 5.74. The molecule has 0 amide bonds. The Balaban J connectivity index is 2.10. The Bertz CT molecular complexity index is 885. The first-order valence-corrected chi connectivity index (χ1v) is 7.97. The molecule has 0 spiro atoms. The minimum Gasteiger partial charge on any atom is -0.338 e. The van der Waals surface area contributed by atoms with Gasteiger partial charge >= 0.3 is 0 Å². The molecule has 0 saturated heterocycles. The number of aromatic nitrogens is 2. The maximum Gasteiger partial charge on any atom is 0.203 e. The van der Waals surface area contributed by atoms with Gasteiger partial charge in [-0.2, -0.15) is 5.26 Å². The Kier molecular flexibility index (Phi) is 3.78. The van der Waals surface area contributed by atoms with Crippen molar-refractivity contribution in [3.05, 3.63) is 52.1 Å². The SMILES string of the molecule is CCn1c(C(=O)C(C#N)c2nc(C)cs2)cc2ccccc21. The molecule has 0 N–H and O–H groups in total. The standard InChI is InChI=1S/C17H15N3OS/c1-3-20-14-7-5-4-6-12(14)8-15(20)16(21)13(9-18)17-19-11(2)10-22-17/h4-8,10,13H,3H2,1-2H3. The fraction of sp³-hybridized carbons (Fsp3) is 0.235. The number of para-hydroxylation sites is 1. The Hall–Kier alpha value is -2.45. The van der Waals surface area contributed by atoms with E-state index >= 15 is 0 Å². The number of aryl methyl sites for hydroxylation is 2. The van der Waals surface area contributed by atoms with Crippen LogP contribution in [0.15, 0.2) is 35.7 Å². The van der Waals surface area contributed by atoms with Crippen molar-refractivity contribution in [3.8, 4) is 6.07 Å². The van der Waals surface area contributed by atoms with Crippen LogP contribution in [0.25, 0.3) is 10.9 Å². The van der Waals surface area contributed by atoms with Crippen LogP contribution in [0.3, 0.4) is 0 Å². The third-order valence-corrected chi connectivity index (χ3v) is 4.68. The summed E-state index contributed by atoms with van der Waals surface area (Å²) in [5.74, 6) is -1.02. The average molecular weight is 309 g/mol. The molecule has 2 aromatic heterocycles. The molecular weight excluding hydrogens is 294 g/mol. The van der Waals surface area contributed by atoms with Gasteiger partial charge in [-0.1, -0.05) is 18.2 Å². The van der Waals surface area contributed by atoms with E-state index in [1.54, 1.807) is 0 Å². The number of hydrogen-bond acceptors (Lipinski definition) is 4. The van der Waals surface area contributed by atoms with Crippen molar-refractivity contribution < 1.29 is 4.79 Å². The van der Waals surface area contributed by atoms with Crippen LogP contribution in [-0.2, 0) is 6.54 Å². The Labute approximate surface area is 132 Å². The van der Waals surface area contributed by atoms with Gasteiger partial charge in [0.1, 0.15) is 5.01 Å². The molecule has 3 rings (SSSR count). The monoisotopic (exact) mass is 309 g/mol. The van der Waals surface area contributed by atoms with Crippen LogP contribution in [0.1, 0.15) is 34.0 Å². The molecule has 0 radical (unpaired) electrons. The van der Waals surface area contributed by atoms with E-state index < -0.39 is 5.92 Å². The number of ketones is 1. The van der Waals surface area contributed by atoms with Crippen LogP contribution < -0.4 is 0 Å². The van der Waals surface area contributed by atoms with Crippen molar-refractivity contribution in [2.75, 3.05) is 0 Å². The van der Waals surface area contributed by atoms with Gasteiger partial charge in [-0.25, -0.2) is 4.98 Å². The van der Waals surface area contributed by atoms with Gasteiger partial charge in [0, 0.05) is 28.5 Å². The number of carbonyl (C=O) groups is 1. The minimum absolute atomic E-state index is 0.185. The minimum atomic E-state index is -0.840. The van der Waals surface area contributed by atoms with E-state index in [9.17, 15) is 10.1 Å². The summed E-state index contributed by atoms with van der Waals surface area (Å²) in [7, 11) is 0. The fourth-order valence-corrected chi connectivity index (χ4v) is 3.47. The zero-order valence-electron chi connectivity index (χ0n) is 12.4. The van der Waals surface area contributed by atoms with E-state index in [-0.39, 0.29) is 5.78 Å². The highest BCUT2D eigenvalue weighted by Crippen LogP contribution is 2.27. The third-order valence-electron chi connectivity index (χ3n) is 3.65. The van der Waals surface area contributed by atoms with Gasteiger partial charge in [-0.05, 0) is 26.0 Å². The molecule has 0 aliphatic carbocycles. The Morgan fingerprint density at radius 3 is 2.86 bits per heavy atom. The molecule has 3 aromatic rings. The lowest BCUT2D eigenvalue weighted by Gasteiger charge is -2.09. The van der Waals surface area contributed by atoms with Gasteiger partial charge in [-0.3, -0.25) is 4.79 Å². The third kappa shape index (κ3) is 2.32. The average Bonchev–Trinajstić information content (AvgIpc) is 3.11. The summed E-state index contributed by atoms with van der Waals surface area (Å²) in [6.45, 7) is 4.55. The smallest absolute Gasteiger partial charge is 0.203 e. The zero-order valence-corrected chi connectivity index (χ0v) is 13.2. The molecule has 1 atom stereocenters. The first-order valence-electron chi connectivity index (χ1n) is 7.09. The number of fused-ring (bicyclic) bond motifs is 1. The molecule has 0 fully saturated rings. The highest BCUT2D eigenvalue weighted by Gasteiger charge is 2.27. The highest BCUT2D eigenvalue weighted by atomic mass is 32.1. The number of benzene rings is 1. The van der Waals surface area contributed by atoms with E-state index in [1.165, 1.54) is 11.3 Å². The number of Topliss-reactive ketones (excluding diaryl/α,β-unsaturated/α-hetero) is 1. The molecule has 22 heavy (non-hydrogen) atoms. The fourth-order valence-electron chi connectivity index (χ4n) is 2.63. The lowest BCUT2D eigenvalue weighted by molar-refractivity contribution is 0.0970. The summed E-state index contributed by atoms with van der Waals surface area (Å²) in [4.78, 5) is 17.2. The summed E-state index contributed by atoms with van der Waals surface area (Å²) in [6, 6.07) is 11.8. The van der Waals surface area contributed by atoms with Crippen LogP contribution in [0.4, 0.5) is 0 Å². The van der Waals surface area contributed by atoms with Crippen molar-refractivity contribution in [1.29, 1.82) is 5.26 Å². The summed E-state index contributed by atoms with van der Waals surface area (Å²) in [6.07, 6.45) is 0. The van der Waals surface area contributed by atoms with E-state index in [1.807, 2.05) is 54.1 Å². The van der Waals surface area contributed by atoms with Crippen LogP contribution in [0, 0.1) is 18.3 Å². The van der Waals surface area contributed by atoms with Crippen molar-refractivity contribution in [2.24, 2.45) is 0 Å². The topological polar surface area (TPSA) is 58.7 Å². The van der Waals surface area contributed by atoms with Gasteiger partial charge in [0.2, 0.25) is 5.78 Å². The van der Waals surface area contributed by atoms with Crippen molar-refractivity contribution in [3.63, 3.8) is 0 Å². The first kappa shape index (κ1) is 14.5. The highest BCUT2D eigenvalue weighted by molar-refractivity contribution is 7.10. The second-order valence-electron chi connectivity index (χ2n) is 5.09. The van der Waals surface area contributed by atoms with Crippen molar-refractivity contribution >= 4 is 28.0 Å². The Morgan fingerprint density at radius 2 is 2.23 bits per heavy atom. The summed E-state index contributed by atoms with van der Waals surface area (Å²) in [5.41, 5.74) is 2.42. The predicted molar refractivity (Wildman–Crippen MR) is 87.1 cm³/mol. The number of carbonyl (C=O) groups excluding carboxylic acids is 1. The number of nitrogens with zero attached hydrogens (tertiary/aromatic N) is 3. The predicted octanol–water partition coefficient (Wildman–Crippen LogP) is 3.92. The number of rotatable bonds is 4. The van der Waals surface area contributed by atoms with Crippen LogP contribution in [-0.4, -0.2) is 15.3 Å². The van der Waals surface area contributed by atoms with Gasteiger partial charge in [-0.15, -0.1) is 11.3 Å². The van der Waals surface area contributed by atoms with Gasteiger partial charge in [0.15, 0.2) is 5.92 Å².